The molecule has 0 aliphatic carbocycles. The molecule has 0 amide bonds. The van der Waals surface area contributed by atoms with Gasteiger partial charge in [0.15, 0.2) is 0 Å². The first-order valence-corrected chi connectivity index (χ1v) is 9.16. The number of hydrogen-bond donors (Lipinski definition) is 3. The summed E-state index contributed by atoms with van der Waals surface area (Å²) in [5.74, 6) is 0. The van der Waals surface area contributed by atoms with Crippen LogP contribution in [0.15, 0.2) is 46.2 Å². The molecule has 0 saturated carbocycles. The van der Waals surface area contributed by atoms with Gasteiger partial charge in [-0.05, 0) is 24.3 Å². The zero-order valence-corrected chi connectivity index (χ0v) is 14.6. The fourth-order valence-electron chi connectivity index (χ4n) is 3.02. The Morgan fingerprint density at radius 2 is 2.04 bits per heavy atom. The molecule has 0 aromatic heterocycles. The number of ether oxygens (including phenoxy) is 1. The Hall–Kier alpha value is -1.90. The van der Waals surface area contributed by atoms with E-state index in [-0.39, 0.29) is 6.04 Å². The summed E-state index contributed by atoms with van der Waals surface area (Å²) in [5, 5.41) is 9.74. The highest BCUT2D eigenvalue weighted by Gasteiger charge is 2.33. The van der Waals surface area contributed by atoms with Crippen LogP contribution < -0.4 is 16.0 Å². The van der Waals surface area contributed by atoms with Crippen molar-refractivity contribution >= 4 is 28.8 Å². The summed E-state index contributed by atoms with van der Waals surface area (Å²) in [6.45, 7) is 2.43. The molecule has 2 aliphatic heterocycles. The van der Waals surface area contributed by atoms with Crippen molar-refractivity contribution in [3.8, 4) is 0 Å². The van der Waals surface area contributed by atoms with Gasteiger partial charge in [0.25, 0.3) is 0 Å². The largest absolute Gasteiger partial charge is 0.416 e. The van der Waals surface area contributed by atoms with Crippen molar-refractivity contribution in [1.82, 2.24) is 5.32 Å². The number of rotatable bonds is 3. The van der Waals surface area contributed by atoms with E-state index in [2.05, 4.69) is 16.0 Å². The summed E-state index contributed by atoms with van der Waals surface area (Å²) >= 11 is 1.35. The standard InChI is InChI=1S/C18H18F3N3OS/c19-18(20,21)11-7-14(23-9-12-10-25-6-5-22-12)17-16(8-11)26-15-4-2-1-3-13(15)24-17/h1-4,7-8,12,22-24H,5-6,9-10H2. The molecule has 1 fully saturated rings. The molecule has 4 nitrogen and oxygen atoms in total. The molecule has 0 spiro atoms. The lowest BCUT2D eigenvalue weighted by atomic mass is 10.1. The third-order valence-corrected chi connectivity index (χ3v) is 5.45. The van der Waals surface area contributed by atoms with Gasteiger partial charge in [0, 0.05) is 28.9 Å². The van der Waals surface area contributed by atoms with Gasteiger partial charge >= 0.3 is 6.18 Å². The van der Waals surface area contributed by atoms with E-state index in [1.165, 1.54) is 23.9 Å². The van der Waals surface area contributed by atoms with E-state index >= 15 is 0 Å². The van der Waals surface area contributed by atoms with Crippen LogP contribution in [0, 0.1) is 0 Å². The maximum atomic E-state index is 13.3. The summed E-state index contributed by atoms with van der Waals surface area (Å²) in [7, 11) is 0. The van der Waals surface area contributed by atoms with E-state index in [1.807, 2.05) is 24.3 Å². The van der Waals surface area contributed by atoms with Crippen LogP contribution in [0.2, 0.25) is 0 Å². The maximum Gasteiger partial charge on any atom is 0.416 e. The molecule has 0 bridgehead atoms. The van der Waals surface area contributed by atoms with E-state index in [1.54, 1.807) is 0 Å². The summed E-state index contributed by atoms with van der Waals surface area (Å²) in [6.07, 6.45) is -4.39. The lowest BCUT2D eigenvalue weighted by molar-refractivity contribution is -0.137. The molecule has 1 saturated heterocycles. The molecule has 2 heterocycles. The summed E-state index contributed by atoms with van der Waals surface area (Å²) < 4.78 is 45.4. The third kappa shape index (κ3) is 3.62. The van der Waals surface area contributed by atoms with Crippen molar-refractivity contribution in [2.24, 2.45) is 0 Å². The zero-order chi connectivity index (χ0) is 18.1. The van der Waals surface area contributed by atoms with E-state index in [0.29, 0.717) is 36.0 Å². The van der Waals surface area contributed by atoms with Gasteiger partial charge in [-0.2, -0.15) is 13.2 Å². The number of anilines is 3. The molecule has 26 heavy (non-hydrogen) atoms. The molecule has 3 N–H and O–H groups in total. The molecular formula is C18H18F3N3OS. The maximum absolute atomic E-state index is 13.3. The van der Waals surface area contributed by atoms with Crippen LogP contribution in [-0.2, 0) is 10.9 Å². The van der Waals surface area contributed by atoms with Crippen LogP contribution >= 0.6 is 11.8 Å². The number of hydrogen-bond acceptors (Lipinski definition) is 5. The topological polar surface area (TPSA) is 45.3 Å². The number of benzene rings is 2. The van der Waals surface area contributed by atoms with Gasteiger partial charge in [0.05, 0.1) is 35.8 Å². The van der Waals surface area contributed by atoms with Crippen molar-refractivity contribution in [2.75, 3.05) is 36.9 Å². The Morgan fingerprint density at radius 1 is 1.19 bits per heavy atom. The van der Waals surface area contributed by atoms with Gasteiger partial charge < -0.3 is 20.7 Å². The molecule has 0 radical (unpaired) electrons. The van der Waals surface area contributed by atoms with Gasteiger partial charge in [0.1, 0.15) is 0 Å². The number of nitrogens with one attached hydrogen (secondary N) is 3. The van der Waals surface area contributed by atoms with Crippen molar-refractivity contribution in [1.29, 1.82) is 0 Å². The number of fused-ring (bicyclic) bond motifs is 2. The Labute approximate surface area is 153 Å². The molecule has 138 valence electrons. The van der Waals surface area contributed by atoms with E-state index in [9.17, 15) is 13.2 Å². The third-order valence-electron chi connectivity index (χ3n) is 4.33. The molecule has 2 aromatic carbocycles. The van der Waals surface area contributed by atoms with Gasteiger partial charge in [-0.3, -0.25) is 0 Å². The SMILES string of the molecule is FC(F)(F)c1cc(NCC2COCCN2)c2c(c1)Sc1ccccc1N2. The Kier molecular flexibility index (Phi) is 4.73. The Bertz CT molecular complexity index is 807. The average Bonchev–Trinajstić information content (AvgIpc) is 2.64. The highest BCUT2D eigenvalue weighted by atomic mass is 32.2. The number of para-hydroxylation sites is 1. The first-order chi connectivity index (χ1) is 12.5. The van der Waals surface area contributed by atoms with Crippen molar-refractivity contribution < 1.29 is 17.9 Å². The van der Waals surface area contributed by atoms with Crippen LogP contribution in [0.5, 0.6) is 0 Å². The number of alkyl halides is 3. The quantitative estimate of drug-likeness (QED) is 0.631. The molecule has 2 aliphatic rings. The predicted octanol–water partition coefficient (Wildman–Crippen LogP) is 4.31. The molecule has 1 atom stereocenters. The second-order valence-electron chi connectivity index (χ2n) is 6.22. The number of halogens is 3. The molecular weight excluding hydrogens is 363 g/mol. The van der Waals surface area contributed by atoms with Crippen LogP contribution in [-0.4, -0.2) is 32.3 Å². The molecule has 8 heteroatoms. The molecule has 4 rings (SSSR count). The fourth-order valence-corrected chi connectivity index (χ4v) is 4.09. The zero-order valence-electron chi connectivity index (χ0n) is 13.8. The minimum Gasteiger partial charge on any atom is -0.382 e. The van der Waals surface area contributed by atoms with Gasteiger partial charge in [-0.1, -0.05) is 23.9 Å². The highest BCUT2D eigenvalue weighted by molar-refractivity contribution is 7.99. The van der Waals surface area contributed by atoms with Crippen LogP contribution in [0.25, 0.3) is 0 Å². The van der Waals surface area contributed by atoms with E-state index in [0.717, 1.165) is 17.1 Å². The minimum atomic E-state index is -4.39. The van der Waals surface area contributed by atoms with E-state index in [4.69, 9.17) is 4.74 Å². The lowest BCUT2D eigenvalue weighted by Crippen LogP contribution is -2.45. The normalized spacial score (nSPS) is 19.3. The van der Waals surface area contributed by atoms with Crippen molar-refractivity contribution in [3.05, 3.63) is 42.0 Å². The second-order valence-corrected chi connectivity index (χ2v) is 7.31. The summed E-state index contributed by atoms with van der Waals surface area (Å²) in [6, 6.07) is 10.0. The predicted molar refractivity (Wildman–Crippen MR) is 96.4 cm³/mol. The average molecular weight is 381 g/mol. The smallest absolute Gasteiger partial charge is 0.382 e. The Morgan fingerprint density at radius 3 is 2.81 bits per heavy atom. The first kappa shape index (κ1) is 17.5. The van der Waals surface area contributed by atoms with Crippen LogP contribution in [0.4, 0.5) is 30.2 Å². The highest BCUT2D eigenvalue weighted by Crippen LogP contribution is 2.49. The lowest BCUT2D eigenvalue weighted by Gasteiger charge is -2.28. The molecule has 2 aromatic rings. The fraction of sp³-hybridized carbons (Fsp3) is 0.333. The van der Waals surface area contributed by atoms with Crippen molar-refractivity contribution in [3.63, 3.8) is 0 Å². The van der Waals surface area contributed by atoms with Crippen LogP contribution in [0.3, 0.4) is 0 Å². The Balaban J connectivity index is 1.65. The van der Waals surface area contributed by atoms with Gasteiger partial charge in [-0.15, -0.1) is 0 Å². The molecule has 1 unspecified atom stereocenters. The van der Waals surface area contributed by atoms with Crippen molar-refractivity contribution in [2.45, 2.75) is 22.0 Å². The first-order valence-electron chi connectivity index (χ1n) is 8.35. The number of morpholine rings is 1. The second kappa shape index (κ2) is 7.02. The van der Waals surface area contributed by atoms with Gasteiger partial charge in [-0.25, -0.2) is 0 Å². The summed E-state index contributed by atoms with van der Waals surface area (Å²) in [5.41, 5.74) is 1.37. The van der Waals surface area contributed by atoms with Crippen LogP contribution in [0.1, 0.15) is 5.56 Å². The monoisotopic (exact) mass is 381 g/mol. The summed E-state index contributed by atoms with van der Waals surface area (Å²) in [4.78, 5) is 1.47. The van der Waals surface area contributed by atoms with Gasteiger partial charge in [0.2, 0.25) is 0 Å². The van der Waals surface area contributed by atoms with E-state index < -0.39 is 11.7 Å². The minimum absolute atomic E-state index is 0.0671.